The second kappa shape index (κ2) is 5.83. The van der Waals surface area contributed by atoms with Crippen molar-refractivity contribution in [1.82, 2.24) is 10.3 Å². The molecule has 3 N–H and O–H groups in total. The second-order valence-corrected chi connectivity index (χ2v) is 9.70. The summed E-state index contributed by atoms with van der Waals surface area (Å²) in [6.45, 7) is 3.39. The van der Waals surface area contributed by atoms with Crippen molar-refractivity contribution in [3.05, 3.63) is 41.4 Å². The van der Waals surface area contributed by atoms with Crippen LogP contribution in [0.25, 0.3) is 10.2 Å². The Hall–Kier alpha value is -1.89. The molecule has 3 unspecified atom stereocenters. The monoisotopic (exact) mass is 368 g/mol. The summed E-state index contributed by atoms with van der Waals surface area (Å²) in [5.41, 5.74) is 9.80. The fraction of sp³-hybridized carbons (Fsp3) is 0.263. The minimum absolute atomic E-state index is 0.541. The molecule has 0 spiro atoms. The number of nitrogens with one attached hydrogen (secondary N) is 1. The van der Waals surface area contributed by atoms with Gasteiger partial charge in [-0.1, -0.05) is 0 Å². The van der Waals surface area contributed by atoms with Gasteiger partial charge >= 0.3 is 0 Å². The zero-order valence-corrected chi connectivity index (χ0v) is 15.6. The Morgan fingerprint density at radius 3 is 3.00 bits per heavy atom. The summed E-state index contributed by atoms with van der Waals surface area (Å²) in [6.07, 6.45) is 3.15. The molecule has 0 radical (unpaired) electrons. The topological polar surface area (TPSA) is 63.3 Å². The number of rotatable bonds is 2. The molecular weight excluding hydrogens is 348 g/mol. The number of thiol groups is 1. The first-order valence-corrected chi connectivity index (χ1v) is 10.8. The van der Waals surface area contributed by atoms with Crippen LogP contribution in [0.2, 0.25) is 0 Å². The van der Waals surface area contributed by atoms with Crippen LogP contribution in [0.5, 0.6) is 0 Å². The molecule has 2 aliphatic heterocycles. The Kier molecular flexibility index (Phi) is 3.58. The van der Waals surface area contributed by atoms with E-state index in [4.69, 9.17) is 5.73 Å². The molecule has 0 saturated carbocycles. The smallest absolute Gasteiger partial charge is 0.124 e. The van der Waals surface area contributed by atoms with Crippen molar-refractivity contribution in [3.8, 4) is 0 Å². The number of fused-ring (bicyclic) bond motifs is 2. The molecule has 2 aromatic heterocycles. The molecule has 25 heavy (non-hydrogen) atoms. The molecule has 1 fully saturated rings. The van der Waals surface area contributed by atoms with Crippen LogP contribution in [0.1, 0.15) is 24.1 Å². The Labute approximate surface area is 153 Å². The minimum Gasteiger partial charge on any atom is -0.399 e. The molecule has 0 aliphatic carbocycles. The van der Waals surface area contributed by atoms with Crippen LogP contribution in [-0.2, 0) is 0 Å². The van der Waals surface area contributed by atoms with Crippen molar-refractivity contribution in [3.63, 3.8) is 0 Å². The zero-order valence-electron chi connectivity index (χ0n) is 13.9. The average Bonchev–Trinajstić information content (AvgIpc) is 3.30. The van der Waals surface area contributed by atoms with Gasteiger partial charge in [0.25, 0.3) is 0 Å². The minimum atomic E-state index is -0.574. The summed E-state index contributed by atoms with van der Waals surface area (Å²) in [7, 11) is -0.574. The fourth-order valence-corrected chi connectivity index (χ4v) is 7.16. The Balaban J connectivity index is 1.61. The van der Waals surface area contributed by atoms with Crippen molar-refractivity contribution >= 4 is 49.4 Å². The lowest BCUT2D eigenvalue weighted by Gasteiger charge is -2.15. The van der Waals surface area contributed by atoms with Gasteiger partial charge in [0.1, 0.15) is 4.83 Å². The lowest BCUT2D eigenvalue weighted by molar-refractivity contribution is 0.602. The van der Waals surface area contributed by atoms with Crippen molar-refractivity contribution in [2.75, 3.05) is 12.3 Å². The highest BCUT2D eigenvalue weighted by Gasteiger charge is 2.27. The van der Waals surface area contributed by atoms with E-state index in [1.807, 2.05) is 29.7 Å². The molecule has 3 atom stereocenters. The number of thiophene rings is 1. The third-order valence-electron chi connectivity index (χ3n) is 5.15. The number of pyridine rings is 1. The maximum atomic E-state index is 5.91. The number of aliphatic imine (C=N–C) groups is 1. The van der Waals surface area contributed by atoms with Gasteiger partial charge in [-0.25, -0.2) is 9.98 Å². The lowest BCUT2D eigenvalue weighted by atomic mass is 10.00. The molecule has 0 bridgehead atoms. The van der Waals surface area contributed by atoms with Crippen molar-refractivity contribution in [2.45, 2.75) is 35.1 Å². The van der Waals surface area contributed by atoms with E-state index in [9.17, 15) is 0 Å². The molecule has 1 saturated heterocycles. The van der Waals surface area contributed by atoms with E-state index in [1.165, 1.54) is 26.5 Å². The van der Waals surface area contributed by atoms with E-state index < -0.39 is 10.9 Å². The number of nitrogen functional groups attached to an aromatic ring is 1. The van der Waals surface area contributed by atoms with Crippen molar-refractivity contribution in [2.24, 2.45) is 4.99 Å². The van der Waals surface area contributed by atoms with Crippen LogP contribution in [0.3, 0.4) is 0 Å². The van der Waals surface area contributed by atoms with Crippen molar-refractivity contribution < 1.29 is 0 Å². The Morgan fingerprint density at radius 1 is 1.24 bits per heavy atom. The summed E-state index contributed by atoms with van der Waals surface area (Å²) in [5, 5.41) is 4.85. The zero-order chi connectivity index (χ0) is 17.0. The lowest BCUT2D eigenvalue weighted by Crippen LogP contribution is -2.20. The first-order valence-electron chi connectivity index (χ1n) is 8.55. The summed E-state index contributed by atoms with van der Waals surface area (Å²) in [6, 6.07) is 11.2. The van der Waals surface area contributed by atoms with Gasteiger partial charge in [-0.15, -0.1) is 11.3 Å². The van der Waals surface area contributed by atoms with Gasteiger partial charge < -0.3 is 11.1 Å². The predicted octanol–water partition coefficient (Wildman–Crippen LogP) is 4.44. The molecule has 0 amide bonds. The van der Waals surface area contributed by atoms with E-state index >= 15 is 0 Å². The van der Waals surface area contributed by atoms with Crippen molar-refractivity contribution in [1.29, 1.82) is 0 Å². The quantitative estimate of drug-likeness (QED) is 0.463. The third-order valence-corrected chi connectivity index (χ3v) is 8.48. The number of anilines is 1. The predicted molar refractivity (Wildman–Crippen MR) is 109 cm³/mol. The molecule has 5 rings (SSSR count). The number of hydrogen-bond acceptors (Lipinski definition) is 5. The molecule has 6 heteroatoms. The van der Waals surface area contributed by atoms with Crippen LogP contribution in [0, 0.1) is 0 Å². The first-order chi connectivity index (χ1) is 12.2. The highest BCUT2D eigenvalue weighted by Crippen LogP contribution is 2.54. The Bertz CT molecular complexity index is 994. The molecule has 1 aromatic carbocycles. The molecule has 2 aliphatic rings. The van der Waals surface area contributed by atoms with E-state index in [1.54, 1.807) is 0 Å². The van der Waals surface area contributed by atoms with E-state index in [0.717, 1.165) is 22.7 Å². The summed E-state index contributed by atoms with van der Waals surface area (Å²) in [5.74, 6) is 0.601. The van der Waals surface area contributed by atoms with Gasteiger partial charge in [0, 0.05) is 49.4 Å². The molecular formula is C19H20N4S2. The Morgan fingerprint density at radius 2 is 2.16 bits per heavy atom. The summed E-state index contributed by atoms with van der Waals surface area (Å²) in [4.78, 5) is 14.5. The van der Waals surface area contributed by atoms with E-state index in [0.29, 0.717) is 12.0 Å². The standard InChI is InChI=1S/C19H20N4S2/c1-11-13(4-6-21-11)16-9-14-17(5-7-22-19(14)24-16)25-10-23-15-8-12(20)2-3-18(15)25/h2-3,5,7-11,13,21,25H,4,6,20H2,1H3. The van der Waals surface area contributed by atoms with Gasteiger partial charge in [0.05, 0.1) is 5.69 Å². The van der Waals surface area contributed by atoms with Crippen LogP contribution in [-0.4, -0.2) is 23.1 Å². The molecule has 4 nitrogen and oxygen atoms in total. The maximum Gasteiger partial charge on any atom is 0.124 e. The highest BCUT2D eigenvalue weighted by molar-refractivity contribution is 8.29. The summed E-state index contributed by atoms with van der Waals surface area (Å²) >= 11 is 1.85. The average molecular weight is 369 g/mol. The molecule has 3 aromatic rings. The van der Waals surface area contributed by atoms with E-state index in [2.05, 4.69) is 46.0 Å². The second-order valence-electron chi connectivity index (χ2n) is 6.70. The number of nitrogens with zero attached hydrogens (tertiary/aromatic N) is 2. The van der Waals surface area contributed by atoms with Crippen LogP contribution in [0.15, 0.2) is 51.3 Å². The van der Waals surface area contributed by atoms with Gasteiger partial charge in [-0.3, -0.25) is 0 Å². The normalized spacial score (nSPS) is 26.4. The number of aromatic nitrogens is 1. The van der Waals surface area contributed by atoms with Crippen LogP contribution in [0.4, 0.5) is 11.4 Å². The SMILES string of the molecule is CC1NCCC1c1cc2c([SH]3C=Nc4cc(N)ccc43)ccnc2s1. The largest absolute Gasteiger partial charge is 0.399 e. The van der Waals surface area contributed by atoms with Crippen LogP contribution >= 0.6 is 22.2 Å². The summed E-state index contributed by atoms with van der Waals surface area (Å²) < 4.78 is 0. The maximum absolute atomic E-state index is 5.91. The third kappa shape index (κ3) is 2.47. The van der Waals surface area contributed by atoms with Crippen LogP contribution < -0.4 is 11.1 Å². The van der Waals surface area contributed by atoms with Gasteiger partial charge in [-0.2, -0.15) is 10.9 Å². The first kappa shape index (κ1) is 15.4. The van der Waals surface area contributed by atoms with Gasteiger partial charge in [0.2, 0.25) is 0 Å². The number of nitrogens with two attached hydrogens (primary N) is 1. The van der Waals surface area contributed by atoms with Gasteiger partial charge in [-0.05, 0) is 50.2 Å². The van der Waals surface area contributed by atoms with E-state index in [-0.39, 0.29) is 0 Å². The molecule has 4 heterocycles. The number of hydrogen-bond donors (Lipinski definition) is 3. The fourth-order valence-electron chi connectivity index (χ4n) is 3.81. The van der Waals surface area contributed by atoms with Gasteiger partial charge in [0.15, 0.2) is 0 Å². The highest BCUT2D eigenvalue weighted by atomic mass is 32.2. The molecule has 128 valence electrons. The number of benzene rings is 1.